The third-order valence-electron chi connectivity index (χ3n) is 12.3. The number of hydrogen-bond acceptors (Lipinski definition) is 0. The highest BCUT2D eigenvalue weighted by Gasteiger charge is 2.53. The maximum absolute atomic E-state index is 2.55. The molecule has 0 heteroatoms. The van der Waals surface area contributed by atoms with Gasteiger partial charge in [0.1, 0.15) is 0 Å². The van der Waals surface area contributed by atoms with E-state index in [-0.39, 0.29) is 11.3 Å². The van der Waals surface area contributed by atoms with Crippen LogP contribution >= 0.6 is 0 Å². The van der Waals surface area contributed by atoms with Gasteiger partial charge in [0.25, 0.3) is 0 Å². The molecule has 8 aromatic rings. The van der Waals surface area contributed by atoms with Crippen LogP contribution in [0.1, 0.15) is 81.0 Å². The van der Waals surface area contributed by atoms with Gasteiger partial charge in [-0.25, -0.2) is 0 Å². The molecule has 1 atom stereocenters. The molecule has 0 nitrogen and oxygen atoms in total. The molecule has 1 spiro atoms. The predicted molar refractivity (Wildman–Crippen MR) is 224 cm³/mol. The lowest BCUT2D eigenvalue weighted by Gasteiger charge is -2.46. The summed E-state index contributed by atoms with van der Waals surface area (Å²) in [5, 5.41) is 0. The van der Waals surface area contributed by atoms with Gasteiger partial charge in [0, 0.05) is 11.3 Å². The summed E-state index contributed by atoms with van der Waals surface area (Å²) < 4.78 is 0. The fourth-order valence-electron chi connectivity index (χ4n) is 9.92. The lowest BCUT2D eigenvalue weighted by molar-refractivity contribution is 0.563. The van der Waals surface area contributed by atoms with Gasteiger partial charge in [-0.3, -0.25) is 0 Å². The summed E-state index contributed by atoms with van der Waals surface area (Å²) >= 11 is 0. The predicted octanol–water partition coefficient (Wildman–Crippen LogP) is 13.1. The molecule has 0 saturated heterocycles. The van der Waals surface area contributed by atoms with Crippen LogP contribution in [0.5, 0.6) is 0 Å². The molecule has 0 aliphatic heterocycles. The number of hydrogen-bond donors (Lipinski definition) is 0. The maximum Gasteiger partial charge on any atom is 0.0719 e. The lowest BCUT2D eigenvalue weighted by atomic mass is 9.55. The van der Waals surface area contributed by atoms with Gasteiger partial charge in [-0.1, -0.05) is 208 Å². The Labute approximate surface area is 319 Å². The summed E-state index contributed by atoms with van der Waals surface area (Å²) in [6.07, 6.45) is 0.877. The lowest BCUT2D eigenvalue weighted by Crippen LogP contribution is -2.40. The molecule has 8 aromatic carbocycles. The average Bonchev–Trinajstić information content (AvgIpc) is 3.53. The molecule has 0 heterocycles. The van der Waals surface area contributed by atoms with Gasteiger partial charge >= 0.3 is 0 Å². The summed E-state index contributed by atoms with van der Waals surface area (Å²) in [5.74, 6) is 0.0764. The molecular formula is C54H42. The van der Waals surface area contributed by atoms with Crippen molar-refractivity contribution in [3.8, 4) is 22.3 Å². The van der Waals surface area contributed by atoms with E-state index in [4.69, 9.17) is 0 Å². The Balaban J connectivity index is 1.24. The van der Waals surface area contributed by atoms with Crippen molar-refractivity contribution in [3.05, 3.63) is 261 Å². The van der Waals surface area contributed by atoms with Gasteiger partial charge in [0.2, 0.25) is 0 Å². The van der Waals surface area contributed by atoms with Crippen molar-refractivity contribution in [2.75, 3.05) is 0 Å². The summed E-state index contributed by atoms with van der Waals surface area (Å²) in [5.41, 5.74) is 19.6. The average molecular weight is 691 g/mol. The topological polar surface area (TPSA) is 0 Å². The highest BCUT2D eigenvalue weighted by molar-refractivity contribution is 5.90. The van der Waals surface area contributed by atoms with Crippen molar-refractivity contribution in [3.63, 3.8) is 0 Å². The summed E-state index contributed by atoms with van der Waals surface area (Å²) in [6.45, 7) is 4.80. The van der Waals surface area contributed by atoms with Gasteiger partial charge in [-0.2, -0.15) is 0 Å². The first-order chi connectivity index (χ1) is 26.5. The Morgan fingerprint density at radius 1 is 0.389 bits per heavy atom. The van der Waals surface area contributed by atoms with Crippen LogP contribution in [0, 0.1) is 0 Å². The number of rotatable bonds is 6. The molecule has 0 amide bonds. The highest BCUT2D eigenvalue weighted by Crippen LogP contribution is 2.63. The van der Waals surface area contributed by atoms with Gasteiger partial charge in [-0.15, -0.1) is 0 Å². The first kappa shape index (κ1) is 32.4. The summed E-state index contributed by atoms with van der Waals surface area (Å²) in [4.78, 5) is 0. The molecule has 54 heavy (non-hydrogen) atoms. The third-order valence-corrected chi connectivity index (χ3v) is 12.3. The number of fused-ring (bicyclic) bond motifs is 9. The van der Waals surface area contributed by atoms with E-state index in [1.54, 1.807) is 0 Å². The van der Waals surface area contributed by atoms with E-state index < -0.39 is 5.41 Å². The fourth-order valence-corrected chi connectivity index (χ4v) is 9.92. The molecule has 2 aliphatic rings. The Kier molecular flexibility index (Phi) is 7.63. The quantitative estimate of drug-likeness (QED) is 0.152. The maximum atomic E-state index is 2.55. The first-order valence-electron chi connectivity index (χ1n) is 19.3. The Morgan fingerprint density at radius 3 is 1.54 bits per heavy atom. The molecule has 258 valence electrons. The first-order valence-corrected chi connectivity index (χ1v) is 19.3. The van der Waals surface area contributed by atoms with Crippen LogP contribution in [0.25, 0.3) is 22.3 Å². The van der Waals surface area contributed by atoms with E-state index in [2.05, 4.69) is 214 Å². The summed E-state index contributed by atoms with van der Waals surface area (Å²) in [7, 11) is 0. The molecule has 10 rings (SSSR count). The highest BCUT2D eigenvalue weighted by atomic mass is 14.5. The molecule has 0 bridgehead atoms. The minimum Gasteiger partial charge on any atom is -0.0622 e. The second-order valence-electron chi connectivity index (χ2n) is 15.6. The van der Waals surface area contributed by atoms with Crippen molar-refractivity contribution >= 4 is 0 Å². The van der Waals surface area contributed by atoms with E-state index in [9.17, 15) is 0 Å². The molecule has 0 N–H and O–H groups in total. The zero-order valence-corrected chi connectivity index (χ0v) is 30.8. The summed E-state index contributed by atoms with van der Waals surface area (Å²) in [6, 6.07) is 75.0. The molecular weight excluding hydrogens is 649 g/mol. The normalized spacial score (nSPS) is 14.8. The van der Waals surface area contributed by atoms with Crippen LogP contribution in [0.15, 0.2) is 200 Å². The van der Waals surface area contributed by atoms with Crippen LogP contribution in [0.3, 0.4) is 0 Å². The fraction of sp³-hybridized carbons (Fsp3) is 0.111. The molecule has 0 fully saturated rings. The van der Waals surface area contributed by atoms with Crippen LogP contribution in [0.4, 0.5) is 0 Å². The second-order valence-corrected chi connectivity index (χ2v) is 15.6. The Bertz CT molecular complexity index is 2580. The largest absolute Gasteiger partial charge is 0.0719 e. The van der Waals surface area contributed by atoms with Crippen LogP contribution in [0.2, 0.25) is 0 Å². The zero-order valence-electron chi connectivity index (χ0n) is 30.8. The van der Waals surface area contributed by atoms with Crippen LogP contribution < -0.4 is 0 Å². The second kappa shape index (κ2) is 12.7. The third kappa shape index (κ3) is 4.90. The minimum atomic E-state index is -0.432. The van der Waals surface area contributed by atoms with Gasteiger partial charge in [0.15, 0.2) is 0 Å². The van der Waals surface area contributed by atoms with Gasteiger partial charge in [0.05, 0.1) is 5.41 Å². The number of benzene rings is 8. The smallest absolute Gasteiger partial charge is 0.0622 e. The Morgan fingerprint density at radius 2 is 0.889 bits per heavy atom. The van der Waals surface area contributed by atoms with Crippen LogP contribution in [-0.2, 0) is 17.3 Å². The van der Waals surface area contributed by atoms with E-state index in [0.717, 1.165) is 6.42 Å². The van der Waals surface area contributed by atoms with E-state index in [0.29, 0.717) is 0 Å². The minimum absolute atomic E-state index is 0.0764. The van der Waals surface area contributed by atoms with E-state index in [1.165, 1.54) is 83.5 Å². The zero-order chi connectivity index (χ0) is 36.3. The van der Waals surface area contributed by atoms with Crippen molar-refractivity contribution in [1.29, 1.82) is 0 Å². The Hall–Kier alpha value is -6.24. The molecule has 0 radical (unpaired) electrons. The van der Waals surface area contributed by atoms with Crippen LogP contribution in [-0.4, -0.2) is 0 Å². The van der Waals surface area contributed by atoms with E-state index >= 15 is 0 Å². The molecule has 0 saturated carbocycles. The van der Waals surface area contributed by atoms with Crippen molar-refractivity contribution in [2.45, 2.75) is 37.0 Å². The van der Waals surface area contributed by atoms with Crippen molar-refractivity contribution < 1.29 is 0 Å². The van der Waals surface area contributed by atoms with Crippen molar-refractivity contribution in [1.82, 2.24) is 0 Å². The molecule has 0 aromatic heterocycles. The molecule has 2 aliphatic carbocycles. The monoisotopic (exact) mass is 690 g/mol. The standard InChI is InChI=1S/C54H42/c1-53(2)46-24-12-14-26-48(46)54(49-27-15-13-25-47(49)53)45-34-33-43(36-44(45)52-42(23-16-28-50(52)54)35-37-17-6-3-7-18-37)51(40-21-10-5-11-22-40)41-31-29-39(30-32-41)38-19-8-4-9-20-38/h3-34,36,51H,35H2,1-2H3. The molecule has 1 unspecified atom stereocenters. The van der Waals surface area contributed by atoms with Gasteiger partial charge in [-0.05, 0) is 95.9 Å². The van der Waals surface area contributed by atoms with Crippen molar-refractivity contribution in [2.24, 2.45) is 0 Å². The van der Waals surface area contributed by atoms with E-state index in [1.807, 2.05) is 0 Å². The SMILES string of the molecule is CC1(C)c2ccccc2C2(c3ccc(C(c4ccccc4)c4ccc(-c5ccccc5)cc4)cc3-c3c(Cc4ccccc4)cccc32)c2ccccc21. The van der Waals surface area contributed by atoms with Gasteiger partial charge < -0.3 is 0 Å².